The van der Waals surface area contributed by atoms with Gasteiger partial charge in [-0.05, 0) is 35.4 Å². The molecule has 1 aromatic rings. The molecule has 0 aromatic heterocycles. The minimum absolute atomic E-state index is 0.00176. The first-order chi connectivity index (χ1) is 6.68. The van der Waals surface area contributed by atoms with E-state index in [0.717, 1.165) is 29.1 Å². The molecule has 0 saturated carbocycles. The molecule has 4 heteroatoms. The standard InChI is InChI=1S/C10H11ClFNS/c11-8-4-7-6(3-9(8)12)5-14-2-1-10(7)13/h3-4,10H,1-2,5,13H2/t10-/m0/s1. The topological polar surface area (TPSA) is 26.0 Å². The van der Waals surface area contributed by atoms with Crippen molar-refractivity contribution in [2.24, 2.45) is 5.73 Å². The normalized spacial score (nSPS) is 21.5. The van der Waals surface area contributed by atoms with Crippen molar-refractivity contribution in [1.82, 2.24) is 0 Å². The van der Waals surface area contributed by atoms with E-state index in [-0.39, 0.29) is 16.9 Å². The minimum Gasteiger partial charge on any atom is -0.324 e. The van der Waals surface area contributed by atoms with E-state index < -0.39 is 0 Å². The summed E-state index contributed by atoms with van der Waals surface area (Å²) in [5.74, 6) is 1.51. The summed E-state index contributed by atoms with van der Waals surface area (Å²) >= 11 is 7.51. The Kier molecular flexibility index (Phi) is 3.00. The molecule has 0 bridgehead atoms. The van der Waals surface area contributed by atoms with Crippen LogP contribution in [0.15, 0.2) is 12.1 Å². The van der Waals surface area contributed by atoms with Gasteiger partial charge in [-0.2, -0.15) is 11.8 Å². The van der Waals surface area contributed by atoms with Crippen LogP contribution in [0.2, 0.25) is 5.02 Å². The quantitative estimate of drug-likeness (QED) is 0.743. The zero-order chi connectivity index (χ0) is 10.1. The lowest BCUT2D eigenvalue weighted by Gasteiger charge is -2.12. The number of benzene rings is 1. The highest BCUT2D eigenvalue weighted by Gasteiger charge is 2.17. The molecule has 76 valence electrons. The third-order valence-electron chi connectivity index (χ3n) is 2.41. The SMILES string of the molecule is N[C@H]1CCSCc2cc(F)c(Cl)cc21. The number of hydrogen-bond donors (Lipinski definition) is 1. The van der Waals surface area contributed by atoms with Crippen LogP contribution in [0, 0.1) is 5.82 Å². The number of hydrogen-bond acceptors (Lipinski definition) is 2. The van der Waals surface area contributed by atoms with Gasteiger partial charge >= 0.3 is 0 Å². The second kappa shape index (κ2) is 4.09. The molecule has 1 heterocycles. The lowest BCUT2D eigenvalue weighted by atomic mass is 10.00. The summed E-state index contributed by atoms with van der Waals surface area (Å²) in [5.41, 5.74) is 7.96. The van der Waals surface area contributed by atoms with Crippen LogP contribution in [0.4, 0.5) is 4.39 Å². The molecule has 1 aliphatic heterocycles. The van der Waals surface area contributed by atoms with Crippen LogP contribution in [0.3, 0.4) is 0 Å². The highest BCUT2D eigenvalue weighted by Crippen LogP contribution is 2.32. The molecule has 1 aliphatic rings. The van der Waals surface area contributed by atoms with Crippen molar-refractivity contribution in [3.63, 3.8) is 0 Å². The van der Waals surface area contributed by atoms with Crippen LogP contribution < -0.4 is 5.73 Å². The molecule has 1 nitrogen and oxygen atoms in total. The summed E-state index contributed by atoms with van der Waals surface area (Å²) < 4.78 is 13.2. The monoisotopic (exact) mass is 231 g/mol. The Bertz CT molecular complexity index is 356. The van der Waals surface area contributed by atoms with Gasteiger partial charge < -0.3 is 5.73 Å². The van der Waals surface area contributed by atoms with Crippen molar-refractivity contribution in [1.29, 1.82) is 0 Å². The fourth-order valence-corrected chi connectivity index (χ4v) is 2.83. The summed E-state index contributed by atoms with van der Waals surface area (Å²) in [6, 6.07) is 3.18. The Morgan fingerprint density at radius 3 is 3.07 bits per heavy atom. The maximum absolute atomic E-state index is 13.2. The van der Waals surface area contributed by atoms with E-state index >= 15 is 0 Å². The summed E-state index contributed by atoms with van der Waals surface area (Å²) in [6.45, 7) is 0. The number of halogens is 2. The Hall–Kier alpha value is -0.250. The zero-order valence-corrected chi connectivity index (χ0v) is 9.17. The summed E-state index contributed by atoms with van der Waals surface area (Å²) in [7, 11) is 0. The molecular weight excluding hydrogens is 221 g/mol. The van der Waals surface area contributed by atoms with Gasteiger partial charge in [-0.1, -0.05) is 11.6 Å². The van der Waals surface area contributed by atoms with Crippen LogP contribution in [0.1, 0.15) is 23.6 Å². The lowest BCUT2D eigenvalue weighted by molar-refractivity contribution is 0.622. The Morgan fingerprint density at radius 1 is 1.50 bits per heavy atom. The van der Waals surface area contributed by atoms with Crippen LogP contribution in [0.5, 0.6) is 0 Å². The molecule has 0 spiro atoms. The second-order valence-electron chi connectivity index (χ2n) is 3.41. The molecule has 0 aliphatic carbocycles. The molecule has 0 amide bonds. The molecule has 2 N–H and O–H groups in total. The van der Waals surface area contributed by atoms with Gasteiger partial charge in [0.2, 0.25) is 0 Å². The predicted octanol–water partition coefficient (Wildman–Crippen LogP) is 3.12. The van der Waals surface area contributed by atoms with E-state index in [1.807, 2.05) is 0 Å². The third-order valence-corrected chi connectivity index (χ3v) is 3.74. The molecule has 2 rings (SSSR count). The van der Waals surface area contributed by atoms with E-state index in [1.54, 1.807) is 17.8 Å². The van der Waals surface area contributed by atoms with Gasteiger partial charge in [0.05, 0.1) is 5.02 Å². The van der Waals surface area contributed by atoms with Gasteiger partial charge in [0, 0.05) is 11.8 Å². The van der Waals surface area contributed by atoms with Gasteiger partial charge in [-0.3, -0.25) is 0 Å². The average molecular weight is 232 g/mol. The molecule has 0 unspecified atom stereocenters. The molecule has 1 aromatic carbocycles. The molecular formula is C10H11ClFNS. The van der Waals surface area contributed by atoms with Crippen molar-refractivity contribution in [2.45, 2.75) is 18.2 Å². The van der Waals surface area contributed by atoms with E-state index in [2.05, 4.69) is 0 Å². The molecule has 14 heavy (non-hydrogen) atoms. The molecule has 0 saturated heterocycles. The highest BCUT2D eigenvalue weighted by molar-refractivity contribution is 7.98. The van der Waals surface area contributed by atoms with Crippen LogP contribution >= 0.6 is 23.4 Å². The maximum atomic E-state index is 13.2. The lowest BCUT2D eigenvalue weighted by Crippen LogP contribution is -2.11. The molecule has 0 radical (unpaired) electrons. The number of fused-ring (bicyclic) bond motifs is 1. The predicted molar refractivity (Wildman–Crippen MR) is 59.1 cm³/mol. The first-order valence-corrected chi connectivity index (χ1v) is 6.03. The Balaban J connectivity index is 2.49. The Labute approximate surface area is 91.8 Å². The first kappa shape index (κ1) is 10.3. The average Bonchev–Trinajstić information content (AvgIpc) is 2.31. The van der Waals surface area contributed by atoms with Crippen LogP contribution in [0.25, 0.3) is 0 Å². The fraction of sp³-hybridized carbons (Fsp3) is 0.400. The summed E-state index contributed by atoms with van der Waals surface area (Å²) in [5, 5.41) is 0.172. The van der Waals surface area contributed by atoms with Crippen molar-refractivity contribution in [3.8, 4) is 0 Å². The molecule has 0 fully saturated rings. The van der Waals surface area contributed by atoms with E-state index in [1.165, 1.54) is 6.07 Å². The number of nitrogens with two attached hydrogens (primary N) is 1. The first-order valence-electron chi connectivity index (χ1n) is 4.49. The van der Waals surface area contributed by atoms with Crippen molar-refractivity contribution < 1.29 is 4.39 Å². The van der Waals surface area contributed by atoms with Crippen molar-refractivity contribution in [3.05, 3.63) is 34.1 Å². The minimum atomic E-state index is -0.347. The van der Waals surface area contributed by atoms with Gasteiger partial charge in [-0.25, -0.2) is 4.39 Å². The van der Waals surface area contributed by atoms with E-state index in [9.17, 15) is 4.39 Å². The number of rotatable bonds is 0. The van der Waals surface area contributed by atoms with E-state index in [4.69, 9.17) is 17.3 Å². The second-order valence-corrected chi connectivity index (χ2v) is 4.93. The summed E-state index contributed by atoms with van der Waals surface area (Å²) in [6.07, 6.45) is 0.930. The van der Waals surface area contributed by atoms with Gasteiger partial charge in [0.25, 0.3) is 0 Å². The highest BCUT2D eigenvalue weighted by atomic mass is 35.5. The van der Waals surface area contributed by atoms with Crippen LogP contribution in [-0.2, 0) is 5.75 Å². The van der Waals surface area contributed by atoms with Crippen LogP contribution in [-0.4, -0.2) is 5.75 Å². The van der Waals surface area contributed by atoms with Gasteiger partial charge in [-0.15, -0.1) is 0 Å². The fourth-order valence-electron chi connectivity index (χ4n) is 1.62. The zero-order valence-electron chi connectivity index (χ0n) is 7.59. The maximum Gasteiger partial charge on any atom is 0.142 e. The third kappa shape index (κ3) is 1.90. The Morgan fingerprint density at radius 2 is 2.29 bits per heavy atom. The smallest absolute Gasteiger partial charge is 0.142 e. The summed E-state index contributed by atoms with van der Waals surface area (Å²) in [4.78, 5) is 0. The van der Waals surface area contributed by atoms with Crippen molar-refractivity contribution in [2.75, 3.05) is 5.75 Å². The van der Waals surface area contributed by atoms with Crippen molar-refractivity contribution >= 4 is 23.4 Å². The van der Waals surface area contributed by atoms with Gasteiger partial charge in [0.1, 0.15) is 5.82 Å². The number of thioether (sulfide) groups is 1. The molecule has 1 atom stereocenters. The van der Waals surface area contributed by atoms with E-state index in [0.29, 0.717) is 0 Å². The van der Waals surface area contributed by atoms with Gasteiger partial charge in [0.15, 0.2) is 0 Å². The largest absolute Gasteiger partial charge is 0.324 e.